The van der Waals surface area contributed by atoms with Crippen molar-refractivity contribution in [3.8, 4) is 5.75 Å². The first-order valence-corrected chi connectivity index (χ1v) is 7.90. The Kier molecular flexibility index (Phi) is 3.79. The first-order valence-electron chi connectivity index (χ1n) is 6.62. The van der Waals surface area contributed by atoms with Crippen LogP contribution >= 0.6 is 0 Å². The molecule has 2 aliphatic heterocycles. The molecule has 0 saturated carbocycles. The number of rotatable bonds is 4. The number of amides is 1. The third-order valence-electron chi connectivity index (χ3n) is 3.42. The number of nitrogens with zero attached hydrogens (tertiary/aromatic N) is 2. The van der Waals surface area contributed by atoms with Crippen LogP contribution < -0.4 is 10.1 Å². The number of hydrogen-bond donors (Lipinski definition) is 1. The van der Waals surface area contributed by atoms with E-state index in [9.17, 15) is 4.79 Å². The van der Waals surface area contributed by atoms with Crippen LogP contribution in [0.2, 0.25) is 11.6 Å². The maximum absolute atomic E-state index is 12.2. The summed E-state index contributed by atoms with van der Waals surface area (Å²) >= 11 is 0. The van der Waals surface area contributed by atoms with E-state index < -0.39 is 0 Å². The second-order valence-corrected chi connectivity index (χ2v) is 6.36. The molecule has 6 heteroatoms. The zero-order chi connectivity index (χ0) is 13.1. The number of nitrogens with one attached hydrogen (secondary N) is 1. The van der Waals surface area contributed by atoms with Crippen molar-refractivity contribution in [2.24, 2.45) is 0 Å². The molecule has 2 fully saturated rings. The SMILES string of the molecule is O=C(C1C[Si]1)N1CCNCC1COc1cccnc1. The fourth-order valence-electron chi connectivity index (χ4n) is 2.26. The van der Waals surface area contributed by atoms with Crippen LogP contribution in [0, 0.1) is 0 Å². The van der Waals surface area contributed by atoms with Gasteiger partial charge in [-0.1, -0.05) is 6.04 Å². The van der Waals surface area contributed by atoms with Crippen LogP contribution in [0.3, 0.4) is 0 Å². The van der Waals surface area contributed by atoms with Crippen LogP contribution in [0.1, 0.15) is 0 Å². The Hall–Kier alpha value is -1.40. The van der Waals surface area contributed by atoms with Crippen LogP contribution in [0.25, 0.3) is 0 Å². The van der Waals surface area contributed by atoms with Gasteiger partial charge in [-0.3, -0.25) is 9.78 Å². The topological polar surface area (TPSA) is 54.5 Å². The van der Waals surface area contributed by atoms with E-state index in [0.29, 0.717) is 18.1 Å². The average molecular weight is 275 g/mol. The fourth-order valence-corrected chi connectivity index (χ4v) is 2.89. The van der Waals surface area contributed by atoms with E-state index in [1.54, 1.807) is 12.4 Å². The summed E-state index contributed by atoms with van der Waals surface area (Å²) in [5.74, 6) is 1.08. The maximum atomic E-state index is 12.2. The Morgan fingerprint density at radius 3 is 3.26 bits per heavy atom. The average Bonchev–Trinajstić information content (AvgIpc) is 3.30. The van der Waals surface area contributed by atoms with Gasteiger partial charge in [-0.2, -0.15) is 0 Å². The second-order valence-electron chi connectivity index (χ2n) is 4.85. The smallest absolute Gasteiger partial charge is 0.222 e. The number of carbonyl (C=O) groups excluding carboxylic acids is 1. The summed E-state index contributed by atoms with van der Waals surface area (Å²) < 4.78 is 5.73. The van der Waals surface area contributed by atoms with E-state index >= 15 is 0 Å². The van der Waals surface area contributed by atoms with Crippen LogP contribution in [-0.4, -0.2) is 57.6 Å². The molecule has 1 N–H and O–H groups in total. The lowest BCUT2D eigenvalue weighted by atomic mass is 10.2. The summed E-state index contributed by atoms with van der Waals surface area (Å²) in [4.78, 5) is 18.2. The number of aromatic nitrogens is 1. The third kappa shape index (κ3) is 3.13. The van der Waals surface area contributed by atoms with Crippen molar-refractivity contribution in [3.63, 3.8) is 0 Å². The highest BCUT2D eigenvalue weighted by atomic mass is 28.2. The lowest BCUT2D eigenvalue weighted by Crippen LogP contribution is -2.56. The number of carbonyl (C=O) groups is 1. The van der Waals surface area contributed by atoms with E-state index in [-0.39, 0.29) is 6.04 Å². The largest absolute Gasteiger partial charge is 0.490 e. The summed E-state index contributed by atoms with van der Waals surface area (Å²) in [7, 11) is 0.831. The van der Waals surface area contributed by atoms with Crippen LogP contribution in [-0.2, 0) is 4.79 Å². The van der Waals surface area contributed by atoms with Gasteiger partial charge >= 0.3 is 0 Å². The second kappa shape index (κ2) is 5.71. The minimum Gasteiger partial charge on any atom is -0.490 e. The molecule has 0 aromatic carbocycles. The zero-order valence-corrected chi connectivity index (χ0v) is 11.7. The molecule has 2 aliphatic rings. The van der Waals surface area contributed by atoms with Gasteiger partial charge in [0.25, 0.3) is 0 Å². The Balaban J connectivity index is 1.59. The van der Waals surface area contributed by atoms with Gasteiger partial charge in [0.2, 0.25) is 5.91 Å². The molecule has 3 heterocycles. The van der Waals surface area contributed by atoms with Crippen LogP contribution in [0.15, 0.2) is 24.5 Å². The van der Waals surface area contributed by atoms with Gasteiger partial charge in [0.15, 0.2) is 0 Å². The lowest BCUT2D eigenvalue weighted by Gasteiger charge is -2.36. The minimum absolute atomic E-state index is 0.131. The summed E-state index contributed by atoms with van der Waals surface area (Å²) in [6.45, 7) is 3.01. The number of ether oxygens (including phenoxy) is 1. The Morgan fingerprint density at radius 2 is 2.53 bits per heavy atom. The van der Waals surface area contributed by atoms with Crippen molar-refractivity contribution in [1.29, 1.82) is 0 Å². The molecule has 2 atom stereocenters. The van der Waals surface area contributed by atoms with E-state index in [1.165, 1.54) is 0 Å². The predicted octanol–water partition coefficient (Wildman–Crippen LogP) is 0.185. The lowest BCUT2D eigenvalue weighted by molar-refractivity contribution is -0.133. The van der Waals surface area contributed by atoms with Crippen molar-refractivity contribution in [2.45, 2.75) is 17.6 Å². The molecule has 0 aliphatic carbocycles. The van der Waals surface area contributed by atoms with Gasteiger partial charge in [-0.05, 0) is 12.1 Å². The van der Waals surface area contributed by atoms with Gasteiger partial charge in [0.1, 0.15) is 12.4 Å². The van der Waals surface area contributed by atoms with E-state index in [0.717, 1.165) is 40.9 Å². The van der Waals surface area contributed by atoms with Crippen molar-refractivity contribution in [3.05, 3.63) is 24.5 Å². The zero-order valence-electron chi connectivity index (χ0n) is 10.7. The Bertz CT molecular complexity index is 439. The standard InChI is InChI=1S/C13H17N3O2Si/c17-13(12-9-19-12)16-5-4-15-6-10(16)8-18-11-2-1-3-14-7-11/h1-3,7,10,12,15H,4-6,8-9H2. The first kappa shape index (κ1) is 12.6. The van der Waals surface area contributed by atoms with Crippen molar-refractivity contribution in [1.82, 2.24) is 15.2 Å². The van der Waals surface area contributed by atoms with Crippen molar-refractivity contribution >= 4 is 15.4 Å². The summed E-state index contributed by atoms with van der Waals surface area (Å²) in [6.07, 6.45) is 3.42. The highest BCUT2D eigenvalue weighted by Gasteiger charge is 2.38. The molecule has 2 unspecified atom stereocenters. The van der Waals surface area contributed by atoms with Gasteiger partial charge in [0, 0.05) is 31.4 Å². The molecular formula is C13H17N3O2Si. The quantitative estimate of drug-likeness (QED) is 0.797. The number of hydrogen-bond acceptors (Lipinski definition) is 4. The Labute approximate surface area is 115 Å². The fraction of sp³-hybridized carbons (Fsp3) is 0.538. The molecule has 3 rings (SSSR count). The van der Waals surface area contributed by atoms with Gasteiger partial charge in [-0.25, -0.2) is 0 Å². The van der Waals surface area contributed by atoms with Crippen LogP contribution in [0.5, 0.6) is 5.75 Å². The molecule has 1 aromatic rings. The predicted molar refractivity (Wildman–Crippen MR) is 72.4 cm³/mol. The first-order chi connectivity index (χ1) is 9.34. The number of piperazine rings is 1. The number of pyridine rings is 1. The van der Waals surface area contributed by atoms with Gasteiger partial charge < -0.3 is 15.0 Å². The van der Waals surface area contributed by atoms with E-state index in [4.69, 9.17) is 4.74 Å². The minimum atomic E-state index is 0.131. The molecule has 19 heavy (non-hydrogen) atoms. The summed E-state index contributed by atoms with van der Waals surface area (Å²) in [5.41, 5.74) is 0.305. The van der Waals surface area contributed by atoms with Gasteiger partial charge in [0.05, 0.1) is 21.8 Å². The highest BCUT2D eigenvalue weighted by molar-refractivity contribution is 6.57. The molecule has 0 spiro atoms. The third-order valence-corrected chi connectivity index (χ3v) is 4.48. The Morgan fingerprint density at radius 1 is 1.63 bits per heavy atom. The van der Waals surface area contributed by atoms with Crippen LogP contribution in [0.4, 0.5) is 0 Å². The van der Waals surface area contributed by atoms with E-state index in [1.807, 2.05) is 17.0 Å². The molecule has 1 amide bonds. The molecule has 5 nitrogen and oxygen atoms in total. The van der Waals surface area contributed by atoms with Crippen molar-refractivity contribution in [2.75, 3.05) is 26.2 Å². The molecular weight excluding hydrogens is 258 g/mol. The highest BCUT2D eigenvalue weighted by Crippen LogP contribution is 2.30. The summed E-state index contributed by atoms with van der Waals surface area (Å²) in [6, 6.07) is 4.95. The van der Waals surface area contributed by atoms with E-state index in [2.05, 4.69) is 10.3 Å². The molecule has 1 aromatic heterocycles. The normalized spacial score (nSPS) is 26.0. The summed E-state index contributed by atoms with van der Waals surface area (Å²) in [5, 5.41) is 3.33. The van der Waals surface area contributed by atoms with Gasteiger partial charge in [-0.15, -0.1) is 0 Å². The monoisotopic (exact) mass is 275 g/mol. The maximum Gasteiger partial charge on any atom is 0.222 e. The molecule has 0 bridgehead atoms. The molecule has 2 saturated heterocycles. The van der Waals surface area contributed by atoms with Crippen molar-refractivity contribution < 1.29 is 9.53 Å². The molecule has 2 radical (unpaired) electrons. The molecule has 100 valence electrons.